The van der Waals surface area contributed by atoms with Crippen LogP contribution in [-0.2, 0) is 16.1 Å². The van der Waals surface area contributed by atoms with E-state index in [1.54, 1.807) is 11.3 Å². The number of carbonyl (C=O) groups is 1. The summed E-state index contributed by atoms with van der Waals surface area (Å²) in [6, 6.07) is 2.07. The normalized spacial score (nSPS) is 17.1. The number of halogens is 1. The van der Waals surface area contributed by atoms with Gasteiger partial charge in [-0.1, -0.05) is 0 Å². The van der Waals surface area contributed by atoms with Crippen molar-refractivity contribution < 1.29 is 9.53 Å². The van der Waals surface area contributed by atoms with Gasteiger partial charge in [0.25, 0.3) is 0 Å². The molecular weight excluding hydrogens is 302 g/mol. The van der Waals surface area contributed by atoms with Gasteiger partial charge in [0.2, 0.25) is 5.91 Å². The highest BCUT2D eigenvalue weighted by atomic mass is 79.9. The second-order valence-corrected chi connectivity index (χ2v) is 6.22. The largest absolute Gasteiger partial charge is 0.381 e. The van der Waals surface area contributed by atoms with Gasteiger partial charge in [-0.05, 0) is 34.8 Å². The second kappa shape index (κ2) is 5.98. The number of hydrogen-bond donors (Lipinski definition) is 0. The molecule has 0 bridgehead atoms. The molecule has 2 rings (SSSR count). The van der Waals surface area contributed by atoms with E-state index in [0.29, 0.717) is 6.54 Å². The standard InChI is InChI=1S/C12H16BrNO2S/c1-14(7-11-6-10(13)8-17-11)12(15)9-2-4-16-5-3-9/h6,8-9H,2-5,7H2,1H3. The van der Waals surface area contributed by atoms with Crippen LogP contribution < -0.4 is 0 Å². The number of hydrogen-bond acceptors (Lipinski definition) is 3. The van der Waals surface area contributed by atoms with Crippen molar-refractivity contribution in [2.75, 3.05) is 20.3 Å². The van der Waals surface area contributed by atoms with E-state index in [9.17, 15) is 4.79 Å². The third kappa shape index (κ3) is 3.53. The Morgan fingerprint density at radius 2 is 2.29 bits per heavy atom. The van der Waals surface area contributed by atoms with E-state index in [-0.39, 0.29) is 11.8 Å². The highest BCUT2D eigenvalue weighted by molar-refractivity contribution is 9.10. The molecule has 1 aromatic rings. The SMILES string of the molecule is CN(Cc1cc(Br)cs1)C(=O)C1CCOCC1. The Morgan fingerprint density at radius 1 is 1.59 bits per heavy atom. The molecule has 1 aromatic heterocycles. The second-order valence-electron chi connectivity index (χ2n) is 4.31. The molecule has 1 aliphatic rings. The van der Waals surface area contributed by atoms with E-state index < -0.39 is 0 Å². The summed E-state index contributed by atoms with van der Waals surface area (Å²) in [5.41, 5.74) is 0. The molecule has 1 aliphatic heterocycles. The molecule has 3 nitrogen and oxygen atoms in total. The van der Waals surface area contributed by atoms with Gasteiger partial charge >= 0.3 is 0 Å². The summed E-state index contributed by atoms with van der Waals surface area (Å²) >= 11 is 5.10. The molecule has 0 N–H and O–H groups in total. The molecule has 17 heavy (non-hydrogen) atoms. The van der Waals surface area contributed by atoms with Crippen molar-refractivity contribution in [2.24, 2.45) is 5.92 Å². The fourth-order valence-corrected chi connectivity index (χ4v) is 3.51. The van der Waals surface area contributed by atoms with Crippen molar-refractivity contribution in [3.8, 4) is 0 Å². The Bertz CT molecular complexity index is 388. The Labute approximate surface area is 114 Å². The van der Waals surface area contributed by atoms with E-state index in [4.69, 9.17) is 4.74 Å². The van der Waals surface area contributed by atoms with Crippen molar-refractivity contribution in [1.82, 2.24) is 4.90 Å². The maximum Gasteiger partial charge on any atom is 0.225 e. The lowest BCUT2D eigenvalue weighted by Gasteiger charge is -2.26. The summed E-state index contributed by atoms with van der Waals surface area (Å²) in [6.45, 7) is 2.13. The lowest BCUT2D eigenvalue weighted by atomic mass is 9.99. The molecule has 0 saturated carbocycles. The van der Waals surface area contributed by atoms with E-state index in [1.165, 1.54) is 4.88 Å². The highest BCUT2D eigenvalue weighted by Crippen LogP contribution is 2.23. The molecule has 0 radical (unpaired) electrons. The summed E-state index contributed by atoms with van der Waals surface area (Å²) in [4.78, 5) is 15.2. The van der Waals surface area contributed by atoms with Crippen LogP contribution in [0.3, 0.4) is 0 Å². The van der Waals surface area contributed by atoms with Crippen LogP contribution in [-0.4, -0.2) is 31.1 Å². The first-order chi connectivity index (χ1) is 8.16. The van der Waals surface area contributed by atoms with Crippen LogP contribution in [0, 0.1) is 5.92 Å². The van der Waals surface area contributed by atoms with Crippen LogP contribution in [0.5, 0.6) is 0 Å². The zero-order chi connectivity index (χ0) is 12.3. The van der Waals surface area contributed by atoms with Gasteiger partial charge in [0.05, 0.1) is 6.54 Å². The van der Waals surface area contributed by atoms with Gasteiger partial charge in [0.1, 0.15) is 0 Å². The molecule has 0 atom stereocenters. The summed E-state index contributed by atoms with van der Waals surface area (Å²) in [5, 5.41) is 2.04. The van der Waals surface area contributed by atoms with Crippen molar-refractivity contribution in [3.63, 3.8) is 0 Å². The van der Waals surface area contributed by atoms with Crippen LogP contribution in [0.1, 0.15) is 17.7 Å². The topological polar surface area (TPSA) is 29.5 Å². The van der Waals surface area contributed by atoms with E-state index in [2.05, 4.69) is 22.0 Å². The first-order valence-electron chi connectivity index (χ1n) is 5.72. The molecule has 2 heterocycles. The number of ether oxygens (including phenoxy) is 1. The lowest BCUT2D eigenvalue weighted by Crippen LogP contribution is -2.35. The minimum absolute atomic E-state index is 0.150. The van der Waals surface area contributed by atoms with Crippen LogP contribution in [0.2, 0.25) is 0 Å². The minimum Gasteiger partial charge on any atom is -0.381 e. The van der Waals surface area contributed by atoms with Gasteiger partial charge in [0.15, 0.2) is 0 Å². The molecule has 0 aliphatic carbocycles. The maximum atomic E-state index is 12.2. The summed E-state index contributed by atoms with van der Waals surface area (Å²) in [6.07, 6.45) is 1.72. The number of thiophene rings is 1. The predicted octanol–water partition coefficient (Wildman–Crippen LogP) is 2.90. The smallest absolute Gasteiger partial charge is 0.225 e. The van der Waals surface area contributed by atoms with Gasteiger partial charge in [-0.25, -0.2) is 0 Å². The average Bonchev–Trinajstić information content (AvgIpc) is 2.75. The number of amides is 1. The zero-order valence-corrected chi connectivity index (χ0v) is 12.2. The monoisotopic (exact) mass is 317 g/mol. The molecule has 1 amide bonds. The third-order valence-corrected chi connectivity index (χ3v) is 4.64. The third-order valence-electron chi connectivity index (χ3n) is 2.96. The van der Waals surface area contributed by atoms with Gasteiger partial charge < -0.3 is 9.64 Å². The lowest BCUT2D eigenvalue weighted by molar-refractivity contribution is -0.137. The van der Waals surface area contributed by atoms with Crippen LogP contribution in [0.15, 0.2) is 15.9 Å². The number of nitrogens with zero attached hydrogens (tertiary/aromatic N) is 1. The van der Waals surface area contributed by atoms with E-state index in [0.717, 1.165) is 30.5 Å². The van der Waals surface area contributed by atoms with Gasteiger partial charge in [-0.15, -0.1) is 11.3 Å². The van der Waals surface area contributed by atoms with Crippen LogP contribution in [0.25, 0.3) is 0 Å². The highest BCUT2D eigenvalue weighted by Gasteiger charge is 2.24. The van der Waals surface area contributed by atoms with Gasteiger partial charge in [-0.2, -0.15) is 0 Å². The molecular formula is C12H16BrNO2S. The quantitative estimate of drug-likeness (QED) is 0.858. The molecule has 1 fully saturated rings. The molecule has 0 unspecified atom stereocenters. The first-order valence-corrected chi connectivity index (χ1v) is 7.39. The average molecular weight is 318 g/mol. The maximum absolute atomic E-state index is 12.2. The Morgan fingerprint density at radius 3 is 2.88 bits per heavy atom. The van der Waals surface area contributed by atoms with Gasteiger partial charge in [-0.3, -0.25) is 4.79 Å². The van der Waals surface area contributed by atoms with E-state index >= 15 is 0 Å². The predicted molar refractivity (Wildman–Crippen MR) is 72.0 cm³/mol. The molecule has 1 saturated heterocycles. The van der Waals surface area contributed by atoms with Crippen molar-refractivity contribution >= 4 is 33.2 Å². The first kappa shape index (κ1) is 13.1. The molecule has 94 valence electrons. The number of rotatable bonds is 3. The molecule has 0 aromatic carbocycles. The molecule has 5 heteroatoms. The Balaban J connectivity index is 1.90. The Hall–Kier alpha value is -0.390. The zero-order valence-electron chi connectivity index (χ0n) is 9.82. The van der Waals surface area contributed by atoms with Crippen molar-refractivity contribution in [2.45, 2.75) is 19.4 Å². The summed E-state index contributed by atoms with van der Waals surface area (Å²) < 4.78 is 6.36. The van der Waals surface area contributed by atoms with Crippen molar-refractivity contribution in [1.29, 1.82) is 0 Å². The fraction of sp³-hybridized carbons (Fsp3) is 0.583. The van der Waals surface area contributed by atoms with Crippen LogP contribution in [0.4, 0.5) is 0 Å². The van der Waals surface area contributed by atoms with Crippen LogP contribution >= 0.6 is 27.3 Å². The van der Waals surface area contributed by atoms with Gasteiger partial charge in [0, 0.05) is 40.9 Å². The Kier molecular flexibility index (Phi) is 4.59. The summed E-state index contributed by atoms with van der Waals surface area (Å²) in [5.74, 6) is 0.398. The van der Waals surface area contributed by atoms with Crippen molar-refractivity contribution in [3.05, 3.63) is 20.8 Å². The van der Waals surface area contributed by atoms with E-state index in [1.807, 2.05) is 17.3 Å². The molecule has 0 spiro atoms. The summed E-state index contributed by atoms with van der Waals surface area (Å²) in [7, 11) is 1.88. The number of carbonyl (C=O) groups excluding carboxylic acids is 1. The minimum atomic E-state index is 0.150. The fourth-order valence-electron chi connectivity index (χ4n) is 2.00.